The maximum absolute atomic E-state index is 11.6. The minimum atomic E-state index is -0.350. The first-order valence-corrected chi connectivity index (χ1v) is 9.58. The second-order valence-corrected chi connectivity index (χ2v) is 7.65. The summed E-state index contributed by atoms with van der Waals surface area (Å²) in [5, 5.41) is 8.84. The molecule has 8 nitrogen and oxygen atoms in total. The van der Waals surface area contributed by atoms with Gasteiger partial charge in [-0.1, -0.05) is 12.1 Å². The van der Waals surface area contributed by atoms with E-state index >= 15 is 0 Å². The van der Waals surface area contributed by atoms with Crippen LogP contribution in [0.3, 0.4) is 0 Å². The number of carbonyl (C=O) groups excluding carboxylic acids is 2. The molecule has 3 N–H and O–H groups in total. The summed E-state index contributed by atoms with van der Waals surface area (Å²) in [6, 6.07) is 5.74. The van der Waals surface area contributed by atoms with Gasteiger partial charge in [0.05, 0.1) is 13.1 Å². The number of aryl methyl sites for hydroxylation is 1. The predicted octanol–water partition coefficient (Wildman–Crippen LogP) is 1.78. The second kappa shape index (κ2) is 9.43. The molecule has 0 spiro atoms. The first-order chi connectivity index (χ1) is 13.2. The Hall–Kier alpha value is -2.77. The highest BCUT2D eigenvalue weighted by atomic mass is 16.5. The van der Waals surface area contributed by atoms with Crippen LogP contribution in [-0.2, 0) is 11.3 Å². The number of hydrogen-bond donors (Lipinski definition) is 3. The van der Waals surface area contributed by atoms with Crippen molar-refractivity contribution in [2.75, 3.05) is 26.2 Å². The molecular weight excluding hydrogens is 358 g/mol. The van der Waals surface area contributed by atoms with Crippen molar-refractivity contribution in [2.24, 2.45) is 4.99 Å². The topological polar surface area (TPSA) is 95.1 Å². The Bertz CT molecular complexity index is 724. The van der Waals surface area contributed by atoms with E-state index in [0.717, 1.165) is 16.9 Å². The van der Waals surface area contributed by atoms with Gasteiger partial charge in [-0.05, 0) is 46.2 Å². The van der Waals surface area contributed by atoms with Crippen molar-refractivity contribution in [3.05, 3.63) is 29.3 Å². The summed E-state index contributed by atoms with van der Waals surface area (Å²) in [6.07, 6.45) is 0. The van der Waals surface area contributed by atoms with Crippen molar-refractivity contribution >= 4 is 17.9 Å². The number of nitrogens with zero attached hydrogens (tertiary/aromatic N) is 2. The van der Waals surface area contributed by atoms with Crippen LogP contribution in [0.5, 0.6) is 5.75 Å². The van der Waals surface area contributed by atoms with E-state index in [1.165, 1.54) is 4.90 Å². The molecule has 8 heteroatoms. The SMILES string of the molecule is CCNC(=NCc1ccc(C)cc1OC(C)(C)C)NCCN1C(=O)CNC1=O. The molecule has 1 heterocycles. The maximum atomic E-state index is 11.6. The van der Waals surface area contributed by atoms with Crippen LogP contribution in [0.25, 0.3) is 0 Å². The van der Waals surface area contributed by atoms with Gasteiger partial charge in [-0.3, -0.25) is 9.69 Å². The average molecular weight is 390 g/mol. The van der Waals surface area contributed by atoms with Crippen molar-refractivity contribution in [1.29, 1.82) is 0 Å². The average Bonchev–Trinajstić information content (AvgIpc) is 2.91. The Labute approximate surface area is 166 Å². The van der Waals surface area contributed by atoms with Gasteiger partial charge in [0.2, 0.25) is 5.91 Å². The molecule has 3 amide bonds. The Kier molecular flexibility index (Phi) is 7.25. The highest BCUT2D eigenvalue weighted by Gasteiger charge is 2.27. The molecule has 1 saturated heterocycles. The molecule has 0 bridgehead atoms. The third kappa shape index (κ3) is 6.44. The number of amides is 3. The Balaban J connectivity index is 2.02. The molecule has 1 aliphatic rings. The Morgan fingerprint density at radius 2 is 2.04 bits per heavy atom. The van der Waals surface area contributed by atoms with Crippen LogP contribution in [-0.4, -0.2) is 54.6 Å². The Morgan fingerprint density at radius 3 is 2.64 bits per heavy atom. The number of carbonyl (C=O) groups is 2. The van der Waals surface area contributed by atoms with E-state index in [9.17, 15) is 9.59 Å². The number of hydrogen-bond acceptors (Lipinski definition) is 4. The van der Waals surface area contributed by atoms with Gasteiger partial charge in [0.25, 0.3) is 0 Å². The first kappa shape index (κ1) is 21.5. The lowest BCUT2D eigenvalue weighted by molar-refractivity contribution is -0.124. The van der Waals surface area contributed by atoms with Crippen molar-refractivity contribution in [1.82, 2.24) is 20.9 Å². The summed E-state index contributed by atoms with van der Waals surface area (Å²) in [4.78, 5) is 29.0. The molecule has 1 aromatic carbocycles. The zero-order valence-electron chi connectivity index (χ0n) is 17.4. The molecule has 0 unspecified atom stereocenters. The number of ether oxygens (including phenoxy) is 1. The van der Waals surface area contributed by atoms with Crippen LogP contribution in [0.15, 0.2) is 23.2 Å². The smallest absolute Gasteiger partial charge is 0.324 e. The van der Waals surface area contributed by atoms with Crippen molar-refractivity contribution < 1.29 is 14.3 Å². The van der Waals surface area contributed by atoms with Gasteiger partial charge >= 0.3 is 6.03 Å². The van der Waals surface area contributed by atoms with Gasteiger partial charge in [-0.15, -0.1) is 0 Å². The van der Waals surface area contributed by atoms with E-state index in [4.69, 9.17) is 4.74 Å². The molecule has 1 aromatic rings. The van der Waals surface area contributed by atoms with E-state index in [1.807, 2.05) is 52.8 Å². The van der Waals surface area contributed by atoms with Gasteiger partial charge in [0.1, 0.15) is 11.4 Å². The number of imide groups is 1. The lowest BCUT2D eigenvalue weighted by Crippen LogP contribution is -2.43. The van der Waals surface area contributed by atoms with E-state index < -0.39 is 0 Å². The molecule has 0 radical (unpaired) electrons. The lowest BCUT2D eigenvalue weighted by Gasteiger charge is -2.23. The zero-order valence-corrected chi connectivity index (χ0v) is 17.4. The standard InChI is InChI=1S/C20H31N5O3/c1-6-21-18(22-9-10-25-17(26)13-24-19(25)27)23-12-15-8-7-14(2)11-16(15)28-20(3,4)5/h7-8,11H,6,9-10,12-13H2,1-5H3,(H,24,27)(H2,21,22,23). The summed E-state index contributed by atoms with van der Waals surface area (Å²) < 4.78 is 6.08. The molecule has 0 aromatic heterocycles. The summed E-state index contributed by atoms with van der Waals surface area (Å²) in [5.74, 6) is 1.24. The van der Waals surface area contributed by atoms with Gasteiger partial charge in [0, 0.05) is 25.2 Å². The van der Waals surface area contributed by atoms with Gasteiger partial charge in [0.15, 0.2) is 5.96 Å². The van der Waals surface area contributed by atoms with Gasteiger partial charge in [-0.2, -0.15) is 0 Å². The fourth-order valence-electron chi connectivity index (χ4n) is 2.69. The maximum Gasteiger partial charge on any atom is 0.324 e. The number of guanidine groups is 1. The van der Waals surface area contributed by atoms with Crippen LogP contribution >= 0.6 is 0 Å². The number of benzene rings is 1. The van der Waals surface area contributed by atoms with Crippen LogP contribution in [0.4, 0.5) is 4.79 Å². The summed E-state index contributed by atoms with van der Waals surface area (Å²) in [6.45, 7) is 12.0. The zero-order chi connectivity index (χ0) is 20.7. The fraction of sp³-hybridized carbons (Fsp3) is 0.550. The predicted molar refractivity (Wildman–Crippen MR) is 109 cm³/mol. The van der Waals surface area contributed by atoms with Crippen LogP contribution in [0.2, 0.25) is 0 Å². The minimum Gasteiger partial charge on any atom is -0.488 e. The fourth-order valence-corrected chi connectivity index (χ4v) is 2.69. The number of urea groups is 1. The first-order valence-electron chi connectivity index (χ1n) is 9.58. The Morgan fingerprint density at radius 1 is 1.29 bits per heavy atom. The molecule has 0 atom stereocenters. The van der Waals surface area contributed by atoms with Gasteiger partial charge < -0.3 is 20.7 Å². The molecular formula is C20H31N5O3. The number of rotatable bonds is 7. The highest BCUT2D eigenvalue weighted by molar-refractivity contribution is 6.01. The van der Waals surface area contributed by atoms with Crippen LogP contribution in [0.1, 0.15) is 38.8 Å². The van der Waals surface area contributed by atoms with E-state index in [-0.39, 0.29) is 30.6 Å². The molecule has 0 saturated carbocycles. The van der Waals surface area contributed by atoms with Crippen LogP contribution < -0.4 is 20.7 Å². The summed E-state index contributed by atoms with van der Waals surface area (Å²) in [5.41, 5.74) is 1.83. The molecule has 154 valence electrons. The molecule has 1 fully saturated rings. The van der Waals surface area contributed by atoms with Crippen molar-refractivity contribution in [2.45, 2.75) is 46.8 Å². The highest BCUT2D eigenvalue weighted by Crippen LogP contribution is 2.25. The summed E-state index contributed by atoms with van der Waals surface area (Å²) >= 11 is 0. The third-order valence-electron chi connectivity index (χ3n) is 3.96. The van der Waals surface area contributed by atoms with E-state index in [1.54, 1.807) is 0 Å². The normalized spacial score (nSPS) is 14.9. The lowest BCUT2D eigenvalue weighted by atomic mass is 10.1. The largest absolute Gasteiger partial charge is 0.488 e. The summed E-state index contributed by atoms with van der Waals surface area (Å²) in [7, 11) is 0. The minimum absolute atomic E-state index is 0.0664. The van der Waals surface area contributed by atoms with Crippen molar-refractivity contribution in [3.8, 4) is 5.75 Å². The molecule has 0 aliphatic carbocycles. The van der Waals surface area contributed by atoms with E-state index in [2.05, 4.69) is 20.9 Å². The quantitative estimate of drug-likeness (QED) is 0.375. The number of nitrogens with one attached hydrogen (secondary N) is 3. The van der Waals surface area contributed by atoms with Crippen molar-refractivity contribution in [3.63, 3.8) is 0 Å². The molecule has 1 aliphatic heterocycles. The second-order valence-electron chi connectivity index (χ2n) is 7.65. The number of aliphatic imine (C=N–C) groups is 1. The molecule has 28 heavy (non-hydrogen) atoms. The third-order valence-corrected chi connectivity index (χ3v) is 3.96. The monoisotopic (exact) mass is 389 g/mol. The molecule has 2 rings (SSSR count). The van der Waals surface area contributed by atoms with Gasteiger partial charge in [-0.25, -0.2) is 9.79 Å². The van der Waals surface area contributed by atoms with Crippen LogP contribution in [0, 0.1) is 6.92 Å². The van der Waals surface area contributed by atoms with E-state index in [0.29, 0.717) is 25.6 Å².